The van der Waals surface area contributed by atoms with Gasteiger partial charge in [0, 0.05) is 24.7 Å². The lowest BCUT2D eigenvalue weighted by atomic mass is 9.99. The third-order valence-electron chi connectivity index (χ3n) is 3.15. The molecule has 2 heteroatoms. The fourth-order valence-corrected chi connectivity index (χ4v) is 2.02. The molecule has 0 aliphatic carbocycles. The summed E-state index contributed by atoms with van der Waals surface area (Å²) in [5, 5.41) is 0. The molecule has 0 spiro atoms. The second-order valence-corrected chi connectivity index (χ2v) is 5.11. The van der Waals surface area contributed by atoms with Gasteiger partial charge in [-0.25, -0.2) is 0 Å². The molecule has 0 aliphatic heterocycles. The summed E-state index contributed by atoms with van der Waals surface area (Å²) in [5.74, 6) is 0.731. The van der Waals surface area contributed by atoms with Crippen molar-refractivity contribution in [3.05, 3.63) is 65.5 Å². The van der Waals surface area contributed by atoms with E-state index in [-0.39, 0.29) is 5.78 Å². The Kier molecular flexibility index (Phi) is 4.45. The van der Waals surface area contributed by atoms with Crippen LogP contribution >= 0.6 is 0 Å². The van der Waals surface area contributed by atoms with Crippen LogP contribution < -0.4 is 0 Å². The van der Waals surface area contributed by atoms with E-state index in [2.05, 4.69) is 31.0 Å². The first kappa shape index (κ1) is 13.5. The van der Waals surface area contributed by atoms with E-state index >= 15 is 0 Å². The number of rotatable bonds is 5. The molecule has 0 saturated carbocycles. The number of pyridine rings is 1. The number of carbonyl (C=O) groups is 1. The highest BCUT2D eigenvalue weighted by atomic mass is 16.1. The van der Waals surface area contributed by atoms with Crippen LogP contribution in [-0.4, -0.2) is 10.8 Å². The lowest BCUT2D eigenvalue weighted by Crippen LogP contribution is -2.07. The summed E-state index contributed by atoms with van der Waals surface area (Å²) in [6.07, 6.45) is 2.61. The van der Waals surface area contributed by atoms with Gasteiger partial charge in [-0.1, -0.05) is 44.2 Å². The molecule has 0 saturated heterocycles. The molecule has 1 aromatic heterocycles. The summed E-state index contributed by atoms with van der Waals surface area (Å²) in [7, 11) is 0. The van der Waals surface area contributed by atoms with E-state index in [0.29, 0.717) is 18.8 Å². The van der Waals surface area contributed by atoms with Crippen LogP contribution in [0.4, 0.5) is 0 Å². The van der Waals surface area contributed by atoms with Crippen LogP contribution in [0.1, 0.15) is 36.6 Å². The fraction of sp³-hybridized carbons (Fsp3) is 0.294. The third-order valence-corrected chi connectivity index (χ3v) is 3.15. The van der Waals surface area contributed by atoms with Crippen molar-refractivity contribution in [2.45, 2.75) is 32.6 Å². The number of hydrogen-bond donors (Lipinski definition) is 0. The Morgan fingerprint density at radius 2 is 1.79 bits per heavy atom. The van der Waals surface area contributed by atoms with Gasteiger partial charge in [-0.3, -0.25) is 9.78 Å². The summed E-state index contributed by atoms with van der Waals surface area (Å²) in [6.45, 7) is 4.34. The predicted octanol–water partition coefficient (Wildman–Crippen LogP) is 3.56. The van der Waals surface area contributed by atoms with E-state index in [1.807, 2.05) is 30.3 Å². The average molecular weight is 253 g/mol. The first-order chi connectivity index (χ1) is 9.15. The molecule has 98 valence electrons. The molecule has 2 nitrogen and oxygen atoms in total. The molecule has 0 amide bonds. The molecule has 0 atom stereocenters. The van der Waals surface area contributed by atoms with Gasteiger partial charge in [-0.05, 0) is 29.2 Å². The Balaban J connectivity index is 1.95. The Labute approximate surface area is 114 Å². The van der Waals surface area contributed by atoms with Gasteiger partial charge in [0.25, 0.3) is 0 Å². The molecule has 19 heavy (non-hydrogen) atoms. The Hall–Kier alpha value is -1.96. The number of hydrogen-bond acceptors (Lipinski definition) is 2. The zero-order valence-corrected chi connectivity index (χ0v) is 11.5. The van der Waals surface area contributed by atoms with Crippen LogP contribution in [0.25, 0.3) is 0 Å². The molecule has 2 rings (SSSR count). The quantitative estimate of drug-likeness (QED) is 0.815. The molecule has 2 aromatic rings. The lowest BCUT2D eigenvalue weighted by Gasteiger charge is -2.06. The summed E-state index contributed by atoms with van der Waals surface area (Å²) < 4.78 is 0. The number of Topliss-reactive ketones (excluding diaryl/α,β-unsaturated/α-hetero) is 1. The maximum absolute atomic E-state index is 12.0. The van der Waals surface area contributed by atoms with Gasteiger partial charge >= 0.3 is 0 Å². The van der Waals surface area contributed by atoms with Gasteiger partial charge in [0.1, 0.15) is 5.78 Å². The second kappa shape index (κ2) is 6.28. The predicted molar refractivity (Wildman–Crippen MR) is 77.2 cm³/mol. The SMILES string of the molecule is CC(C)c1ccc(CC(=O)Cc2ccccn2)cc1. The highest BCUT2D eigenvalue weighted by Crippen LogP contribution is 2.15. The van der Waals surface area contributed by atoms with E-state index < -0.39 is 0 Å². The van der Waals surface area contributed by atoms with Gasteiger partial charge in [-0.15, -0.1) is 0 Å². The Morgan fingerprint density at radius 3 is 2.37 bits per heavy atom. The van der Waals surface area contributed by atoms with Crippen molar-refractivity contribution in [2.24, 2.45) is 0 Å². The monoisotopic (exact) mass is 253 g/mol. The van der Waals surface area contributed by atoms with Crippen LogP contribution in [0.5, 0.6) is 0 Å². The zero-order chi connectivity index (χ0) is 13.7. The molecule has 0 bridgehead atoms. The molecule has 0 radical (unpaired) electrons. The molecule has 0 unspecified atom stereocenters. The van der Waals surface area contributed by atoms with Crippen molar-refractivity contribution in [2.75, 3.05) is 0 Å². The number of aromatic nitrogens is 1. The lowest BCUT2D eigenvalue weighted by molar-refractivity contribution is -0.117. The minimum atomic E-state index is 0.205. The number of carbonyl (C=O) groups excluding carboxylic acids is 1. The maximum Gasteiger partial charge on any atom is 0.143 e. The summed E-state index contributed by atoms with van der Waals surface area (Å²) in [6, 6.07) is 14.0. The Bertz CT molecular complexity index is 529. The van der Waals surface area contributed by atoms with Gasteiger partial charge in [-0.2, -0.15) is 0 Å². The van der Waals surface area contributed by atoms with Crippen molar-refractivity contribution in [1.29, 1.82) is 0 Å². The minimum absolute atomic E-state index is 0.205. The van der Waals surface area contributed by atoms with Gasteiger partial charge < -0.3 is 0 Å². The molecule has 1 heterocycles. The third kappa shape index (κ3) is 4.02. The van der Waals surface area contributed by atoms with Crippen LogP contribution in [0.15, 0.2) is 48.7 Å². The van der Waals surface area contributed by atoms with Crippen molar-refractivity contribution < 1.29 is 4.79 Å². The van der Waals surface area contributed by atoms with Crippen molar-refractivity contribution >= 4 is 5.78 Å². The zero-order valence-electron chi connectivity index (χ0n) is 11.5. The smallest absolute Gasteiger partial charge is 0.143 e. The first-order valence-corrected chi connectivity index (χ1v) is 6.65. The number of ketones is 1. The van der Waals surface area contributed by atoms with E-state index in [0.717, 1.165) is 11.3 Å². The summed E-state index contributed by atoms with van der Waals surface area (Å²) in [4.78, 5) is 16.1. The maximum atomic E-state index is 12.0. The minimum Gasteiger partial charge on any atom is -0.299 e. The molecule has 0 aliphatic rings. The van der Waals surface area contributed by atoms with Crippen molar-refractivity contribution in [3.63, 3.8) is 0 Å². The topological polar surface area (TPSA) is 30.0 Å². The first-order valence-electron chi connectivity index (χ1n) is 6.65. The molecule has 0 fully saturated rings. The van der Waals surface area contributed by atoms with Crippen molar-refractivity contribution in [3.8, 4) is 0 Å². The van der Waals surface area contributed by atoms with E-state index in [9.17, 15) is 4.79 Å². The largest absolute Gasteiger partial charge is 0.299 e. The molecular weight excluding hydrogens is 234 g/mol. The summed E-state index contributed by atoms with van der Waals surface area (Å²) >= 11 is 0. The van der Waals surface area contributed by atoms with E-state index in [1.54, 1.807) is 6.20 Å². The highest BCUT2D eigenvalue weighted by molar-refractivity contribution is 5.82. The normalized spacial score (nSPS) is 10.7. The molecule has 0 N–H and O–H groups in total. The van der Waals surface area contributed by atoms with Crippen LogP contribution in [-0.2, 0) is 17.6 Å². The van der Waals surface area contributed by atoms with E-state index in [1.165, 1.54) is 5.56 Å². The van der Waals surface area contributed by atoms with Crippen LogP contribution in [0, 0.1) is 0 Å². The number of benzene rings is 1. The number of nitrogens with zero attached hydrogens (tertiary/aromatic N) is 1. The Morgan fingerprint density at radius 1 is 1.05 bits per heavy atom. The van der Waals surface area contributed by atoms with Crippen molar-refractivity contribution in [1.82, 2.24) is 4.98 Å². The fourth-order valence-electron chi connectivity index (χ4n) is 2.02. The van der Waals surface area contributed by atoms with Gasteiger partial charge in [0.15, 0.2) is 0 Å². The second-order valence-electron chi connectivity index (χ2n) is 5.11. The van der Waals surface area contributed by atoms with Crippen LogP contribution in [0.2, 0.25) is 0 Å². The van der Waals surface area contributed by atoms with Gasteiger partial charge in [0.2, 0.25) is 0 Å². The standard InChI is InChI=1S/C17H19NO/c1-13(2)15-8-6-14(7-9-15)11-17(19)12-16-5-3-4-10-18-16/h3-10,13H,11-12H2,1-2H3. The highest BCUT2D eigenvalue weighted by Gasteiger charge is 2.06. The van der Waals surface area contributed by atoms with Crippen LogP contribution in [0.3, 0.4) is 0 Å². The summed E-state index contributed by atoms with van der Waals surface area (Å²) in [5.41, 5.74) is 3.22. The van der Waals surface area contributed by atoms with E-state index in [4.69, 9.17) is 0 Å². The average Bonchev–Trinajstić information content (AvgIpc) is 2.40. The van der Waals surface area contributed by atoms with Gasteiger partial charge in [0.05, 0.1) is 0 Å². The molecule has 1 aromatic carbocycles. The molecular formula is C17H19NO.